The molecule has 1 heterocycles. The van der Waals surface area contributed by atoms with Crippen LogP contribution < -0.4 is 15.2 Å². The van der Waals surface area contributed by atoms with E-state index in [1.165, 1.54) is 12.1 Å². The van der Waals surface area contributed by atoms with Crippen LogP contribution in [0.2, 0.25) is 0 Å². The van der Waals surface area contributed by atoms with Crippen molar-refractivity contribution >= 4 is 22.4 Å². The monoisotopic (exact) mass is 408 g/mol. The van der Waals surface area contributed by atoms with Crippen LogP contribution in [0.5, 0.6) is 5.75 Å². The minimum Gasteiger partial charge on any atom is -0.490 e. The molecular weight excluding hydrogens is 383 g/mol. The molecule has 0 amide bonds. The van der Waals surface area contributed by atoms with E-state index >= 15 is 0 Å². The molecule has 3 N–H and O–H groups in total. The molecule has 9 heteroatoms. The molecule has 0 spiro atoms. The zero-order chi connectivity index (χ0) is 17.9. The molecule has 1 aliphatic heterocycles. The van der Waals surface area contributed by atoms with E-state index in [9.17, 15) is 12.8 Å². The molecule has 26 heavy (non-hydrogen) atoms. The van der Waals surface area contributed by atoms with E-state index in [1.54, 1.807) is 0 Å². The standard InChI is InChI=1S/C17H25FN2O4S.ClH/c18-16-9-15(5-6-17(16)24-11-12-7-8-23-10-12)25(21,22)20-14-3-1-13(19)2-4-14;/h5-6,9,12-14,20H,1-4,7-8,10-11,19H2;1H. The molecular formula is C17H26ClFN2O4S. The highest BCUT2D eigenvalue weighted by Gasteiger charge is 2.25. The number of hydrogen-bond donors (Lipinski definition) is 2. The van der Waals surface area contributed by atoms with Crippen molar-refractivity contribution in [2.45, 2.75) is 49.1 Å². The summed E-state index contributed by atoms with van der Waals surface area (Å²) in [6.07, 6.45) is 3.88. The van der Waals surface area contributed by atoms with Gasteiger partial charge < -0.3 is 15.2 Å². The molecule has 0 radical (unpaired) electrons. The molecule has 1 aromatic rings. The Hall–Kier alpha value is -0.930. The Labute approximate surface area is 160 Å². The Bertz CT molecular complexity index is 690. The lowest BCUT2D eigenvalue weighted by Crippen LogP contribution is -2.40. The van der Waals surface area contributed by atoms with Gasteiger partial charge in [0.2, 0.25) is 10.0 Å². The zero-order valence-corrected chi connectivity index (χ0v) is 16.2. The molecule has 0 aromatic heterocycles. The van der Waals surface area contributed by atoms with Crippen LogP contribution in [0, 0.1) is 11.7 Å². The van der Waals surface area contributed by atoms with Crippen LogP contribution >= 0.6 is 12.4 Å². The lowest BCUT2D eigenvalue weighted by Gasteiger charge is -2.26. The van der Waals surface area contributed by atoms with Crippen molar-refractivity contribution in [2.75, 3.05) is 19.8 Å². The average molecular weight is 409 g/mol. The molecule has 148 valence electrons. The first-order valence-electron chi connectivity index (χ1n) is 8.72. The van der Waals surface area contributed by atoms with E-state index in [4.69, 9.17) is 15.2 Å². The molecule has 0 bridgehead atoms. The maximum Gasteiger partial charge on any atom is 0.240 e. The summed E-state index contributed by atoms with van der Waals surface area (Å²) in [6.45, 7) is 1.68. The summed E-state index contributed by atoms with van der Waals surface area (Å²) in [5.41, 5.74) is 5.83. The van der Waals surface area contributed by atoms with Gasteiger partial charge in [0.05, 0.1) is 18.1 Å². The highest BCUT2D eigenvalue weighted by molar-refractivity contribution is 7.89. The lowest BCUT2D eigenvalue weighted by molar-refractivity contribution is 0.165. The third-order valence-electron chi connectivity index (χ3n) is 4.81. The normalized spacial score (nSPS) is 26.3. The molecule has 1 unspecified atom stereocenters. The minimum atomic E-state index is -3.75. The first-order valence-corrected chi connectivity index (χ1v) is 10.2. The quantitative estimate of drug-likeness (QED) is 0.753. The van der Waals surface area contributed by atoms with Gasteiger partial charge in [-0.25, -0.2) is 17.5 Å². The number of benzene rings is 1. The van der Waals surface area contributed by atoms with Gasteiger partial charge in [0.15, 0.2) is 11.6 Å². The fourth-order valence-corrected chi connectivity index (χ4v) is 4.53. The van der Waals surface area contributed by atoms with Gasteiger partial charge in [0, 0.05) is 24.6 Å². The molecule has 6 nitrogen and oxygen atoms in total. The van der Waals surface area contributed by atoms with Crippen molar-refractivity contribution in [3.8, 4) is 5.75 Å². The number of rotatable bonds is 6. The summed E-state index contributed by atoms with van der Waals surface area (Å²) < 4.78 is 52.5. The second-order valence-electron chi connectivity index (χ2n) is 6.87. The van der Waals surface area contributed by atoms with E-state index in [1.807, 2.05) is 0 Å². The van der Waals surface area contributed by atoms with E-state index in [0.29, 0.717) is 32.7 Å². The van der Waals surface area contributed by atoms with Gasteiger partial charge in [-0.05, 0) is 50.3 Å². The van der Waals surface area contributed by atoms with E-state index in [-0.39, 0.29) is 41.1 Å². The van der Waals surface area contributed by atoms with Crippen LogP contribution in [0.15, 0.2) is 23.1 Å². The van der Waals surface area contributed by atoms with Crippen LogP contribution in [0.1, 0.15) is 32.1 Å². The van der Waals surface area contributed by atoms with Gasteiger partial charge in [-0.15, -0.1) is 12.4 Å². The third kappa shape index (κ3) is 5.53. The molecule has 1 aromatic carbocycles. The molecule has 1 aliphatic carbocycles. The number of ether oxygens (including phenoxy) is 2. The number of nitrogens with two attached hydrogens (primary N) is 1. The van der Waals surface area contributed by atoms with Crippen LogP contribution in [0.25, 0.3) is 0 Å². The highest BCUT2D eigenvalue weighted by atomic mass is 35.5. The summed E-state index contributed by atoms with van der Waals surface area (Å²) >= 11 is 0. The van der Waals surface area contributed by atoms with Gasteiger partial charge in [0.25, 0.3) is 0 Å². The SMILES string of the molecule is Cl.NC1CCC(NS(=O)(=O)c2ccc(OCC3CCOC3)c(F)c2)CC1. The predicted octanol–water partition coefficient (Wildman–Crippen LogP) is 2.21. The molecule has 3 rings (SSSR count). The fourth-order valence-electron chi connectivity index (χ4n) is 3.21. The summed E-state index contributed by atoms with van der Waals surface area (Å²) in [7, 11) is -3.75. The van der Waals surface area contributed by atoms with Crippen molar-refractivity contribution in [1.29, 1.82) is 0 Å². The Balaban J connectivity index is 0.00000243. The largest absolute Gasteiger partial charge is 0.490 e. The Morgan fingerprint density at radius 3 is 2.58 bits per heavy atom. The average Bonchev–Trinajstić information content (AvgIpc) is 3.09. The van der Waals surface area contributed by atoms with Gasteiger partial charge in [0.1, 0.15) is 0 Å². The fraction of sp³-hybridized carbons (Fsp3) is 0.647. The minimum absolute atomic E-state index is 0. The summed E-state index contributed by atoms with van der Waals surface area (Å²) in [5, 5.41) is 0. The van der Waals surface area contributed by atoms with Gasteiger partial charge in [-0.1, -0.05) is 0 Å². The number of nitrogens with one attached hydrogen (secondary N) is 1. The topological polar surface area (TPSA) is 90.7 Å². The second kappa shape index (κ2) is 9.32. The zero-order valence-electron chi connectivity index (χ0n) is 14.5. The Morgan fingerprint density at radius 2 is 1.96 bits per heavy atom. The third-order valence-corrected chi connectivity index (χ3v) is 6.32. The van der Waals surface area contributed by atoms with Crippen LogP contribution in [0.3, 0.4) is 0 Å². The molecule has 2 fully saturated rings. The summed E-state index contributed by atoms with van der Waals surface area (Å²) in [4.78, 5) is -0.0866. The van der Waals surface area contributed by atoms with E-state index in [2.05, 4.69) is 4.72 Å². The van der Waals surface area contributed by atoms with E-state index in [0.717, 1.165) is 25.3 Å². The molecule has 2 aliphatic rings. The van der Waals surface area contributed by atoms with Gasteiger partial charge >= 0.3 is 0 Å². The maximum atomic E-state index is 14.2. The lowest BCUT2D eigenvalue weighted by atomic mass is 9.93. The van der Waals surface area contributed by atoms with Crippen molar-refractivity contribution in [2.24, 2.45) is 11.7 Å². The van der Waals surface area contributed by atoms with Gasteiger partial charge in [-0.3, -0.25) is 0 Å². The molecule has 1 saturated heterocycles. The van der Waals surface area contributed by atoms with Crippen LogP contribution in [-0.4, -0.2) is 40.3 Å². The molecule has 1 atom stereocenters. The van der Waals surface area contributed by atoms with Crippen LogP contribution in [0.4, 0.5) is 4.39 Å². The Morgan fingerprint density at radius 1 is 1.23 bits per heavy atom. The maximum absolute atomic E-state index is 14.2. The molecule has 1 saturated carbocycles. The number of sulfonamides is 1. The summed E-state index contributed by atoms with van der Waals surface area (Å²) in [6, 6.07) is 3.75. The van der Waals surface area contributed by atoms with Crippen molar-refractivity contribution in [1.82, 2.24) is 4.72 Å². The van der Waals surface area contributed by atoms with Gasteiger partial charge in [-0.2, -0.15) is 0 Å². The number of halogens is 2. The van der Waals surface area contributed by atoms with Crippen molar-refractivity contribution < 1.29 is 22.3 Å². The second-order valence-corrected chi connectivity index (χ2v) is 8.58. The van der Waals surface area contributed by atoms with Crippen molar-refractivity contribution in [3.05, 3.63) is 24.0 Å². The van der Waals surface area contributed by atoms with Crippen LogP contribution in [-0.2, 0) is 14.8 Å². The van der Waals surface area contributed by atoms with E-state index < -0.39 is 15.8 Å². The first kappa shape index (κ1) is 21.4. The first-order chi connectivity index (χ1) is 11.9. The number of hydrogen-bond acceptors (Lipinski definition) is 5. The Kier molecular flexibility index (Phi) is 7.66. The summed E-state index contributed by atoms with van der Waals surface area (Å²) in [5.74, 6) is -0.357. The van der Waals surface area contributed by atoms with Crippen molar-refractivity contribution in [3.63, 3.8) is 0 Å². The highest BCUT2D eigenvalue weighted by Crippen LogP contribution is 2.24. The predicted molar refractivity (Wildman–Crippen MR) is 98.6 cm³/mol. The smallest absolute Gasteiger partial charge is 0.240 e.